The maximum absolute atomic E-state index is 11.8. The molecule has 1 aliphatic heterocycles. The van der Waals surface area contributed by atoms with E-state index in [1.165, 1.54) is 6.26 Å². The van der Waals surface area contributed by atoms with Crippen LogP contribution in [-0.2, 0) is 4.74 Å². The van der Waals surface area contributed by atoms with E-state index in [2.05, 4.69) is 20.8 Å². The number of nitrogens with zero attached hydrogens (tertiary/aromatic N) is 2. The molecule has 1 saturated heterocycles. The SMILES string of the molecule is O=C(Nc1ccc(NCC2CCCO2)nn1)c1ccco1. The highest BCUT2D eigenvalue weighted by Gasteiger charge is 2.15. The number of ether oxygens (including phenoxy) is 1. The van der Waals surface area contributed by atoms with E-state index in [1.807, 2.05) is 0 Å². The van der Waals surface area contributed by atoms with Crippen LogP contribution in [0.5, 0.6) is 0 Å². The second-order valence-corrected chi connectivity index (χ2v) is 4.75. The zero-order valence-corrected chi connectivity index (χ0v) is 11.4. The van der Waals surface area contributed by atoms with Gasteiger partial charge in [0.05, 0.1) is 12.4 Å². The van der Waals surface area contributed by atoms with E-state index in [0.717, 1.165) is 19.4 Å². The maximum Gasteiger partial charge on any atom is 0.292 e. The Morgan fingerprint density at radius 3 is 2.81 bits per heavy atom. The van der Waals surface area contributed by atoms with Gasteiger partial charge in [0.25, 0.3) is 5.91 Å². The first-order valence-corrected chi connectivity index (χ1v) is 6.85. The summed E-state index contributed by atoms with van der Waals surface area (Å²) in [6.45, 7) is 1.54. The lowest BCUT2D eigenvalue weighted by Crippen LogP contribution is -2.19. The van der Waals surface area contributed by atoms with E-state index in [-0.39, 0.29) is 17.8 Å². The van der Waals surface area contributed by atoms with Gasteiger partial charge in [0, 0.05) is 13.2 Å². The fourth-order valence-corrected chi connectivity index (χ4v) is 2.10. The van der Waals surface area contributed by atoms with E-state index in [4.69, 9.17) is 9.15 Å². The smallest absolute Gasteiger partial charge is 0.292 e. The zero-order chi connectivity index (χ0) is 14.5. The predicted molar refractivity (Wildman–Crippen MR) is 76.2 cm³/mol. The van der Waals surface area contributed by atoms with Crippen LogP contribution in [0.3, 0.4) is 0 Å². The van der Waals surface area contributed by atoms with Crippen molar-refractivity contribution in [1.82, 2.24) is 10.2 Å². The molecule has 7 nitrogen and oxygen atoms in total. The molecule has 1 amide bonds. The van der Waals surface area contributed by atoms with Crippen LogP contribution in [0.2, 0.25) is 0 Å². The molecule has 0 aliphatic carbocycles. The molecule has 3 rings (SSSR count). The highest BCUT2D eigenvalue weighted by atomic mass is 16.5. The fraction of sp³-hybridized carbons (Fsp3) is 0.357. The number of rotatable bonds is 5. The molecule has 0 aromatic carbocycles. The summed E-state index contributed by atoms with van der Waals surface area (Å²) < 4.78 is 10.5. The Morgan fingerprint density at radius 1 is 1.29 bits per heavy atom. The summed E-state index contributed by atoms with van der Waals surface area (Å²) in [6, 6.07) is 6.68. The van der Waals surface area contributed by atoms with Gasteiger partial charge in [0.1, 0.15) is 5.82 Å². The van der Waals surface area contributed by atoms with E-state index in [9.17, 15) is 4.79 Å². The second kappa shape index (κ2) is 6.36. The molecule has 2 aromatic heterocycles. The maximum atomic E-state index is 11.8. The van der Waals surface area contributed by atoms with Crippen molar-refractivity contribution in [2.24, 2.45) is 0 Å². The van der Waals surface area contributed by atoms with Crippen molar-refractivity contribution < 1.29 is 13.9 Å². The molecule has 7 heteroatoms. The van der Waals surface area contributed by atoms with Crippen LogP contribution in [0.25, 0.3) is 0 Å². The Labute approximate surface area is 121 Å². The molecule has 0 bridgehead atoms. The Balaban J connectivity index is 1.52. The van der Waals surface area contributed by atoms with Crippen LogP contribution in [0, 0.1) is 0 Å². The summed E-state index contributed by atoms with van der Waals surface area (Å²) in [5, 5.41) is 13.7. The van der Waals surface area contributed by atoms with E-state index >= 15 is 0 Å². The predicted octanol–water partition coefficient (Wildman–Crippen LogP) is 1.91. The van der Waals surface area contributed by atoms with Crippen molar-refractivity contribution in [3.05, 3.63) is 36.3 Å². The van der Waals surface area contributed by atoms with E-state index in [1.54, 1.807) is 24.3 Å². The van der Waals surface area contributed by atoms with Gasteiger partial charge >= 0.3 is 0 Å². The first-order chi connectivity index (χ1) is 10.3. The van der Waals surface area contributed by atoms with Gasteiger partial charge < -0.3 is 19.8 Å². The number of carbonyl (C=O) groups is 1. The topological polar surface area (TPSA) is 89.3 Å². The number of nitrogens with one attached hydrogen (secondary N) is 2. The molecular formula is C14H16N4O3. The number of hydrogen-bond donors (Lipinski definition) is 2. The summed E-state index contributed by atoms with van der Waals surface area (Å²) >= 11 is 0. The van der Waals surface area contributed by atoms with Gasteiger partial charge in [0.15, 0.2) is 11.6 Å². The molecule has 1 unspecified atom stereocenters. The summed E-state index contributed by atoms with van der Waals surface area (Å²) in [7, 11) is 0. The lowest BCUT2D eigenvalue weighted by molar-refractivity contribution is 0.0996. The molecule has 21 heavy (non-hydrogen) atoms. The van der Waals surface area contributed by atoms with Crippen LogP contribution >= 0.6 is 0 Å². The number of aromatic nitrogens is 2. The summed E-state index contributed by atoms with van der Waals surface area (Å²) in [5.41, 5.74) is 0. The molecule has 1 aliphatic rings. The quantitative estimate of drug-likeness (QED) is 0.873. The molecule has 110 valence electrons. The van der Waals surface area contributed by atoms with Crippen molar-refractivity contribution in [2.45, 2.75) is 18.9 Å². The number of furan rings is 1. The number of carbonyl (C=O) groups excluding carboxylic acids is 1. The molecule has 1 fully saturated rings. The monoisotopic (exact) mass is 288 g/mol. The van der Waals surface area contributed by atoms with Crippen LogP contribution in [0.15, 0.2) is 34.9 Å². The third kappa shape index (κ3) is 3.57. The van der Waals surface area contributed by atoms with E-state index in [0.29, 0.717) is 18.2 Å². The largest absolute Gasteiger partial charge is 0.459 e. The molecule has 1 atom stereocenters. The molecule has 3 heterocycles. The van der Waals surface area contributed by atoms with Gasteiger partial charge in [-0.15, -0.1) is 10.2 Å². The standard InChI is InChI=1S/C14H16N4O3/c19-14(11-4-2-8-21-11)16-13-6-5-12(17-18-13)15-9-10-3-1-7-20-10/h2,4-6,8,10H,1,3,7,9H2,(H,15,17)(H,16,18,19). The molecule has 0 spiro atoms. The summed E-state index contributed by atoms with van der Waals surface area (Å²) in [6.07, 6.45) is 3.86. The van der Waals surface area contributed by atoms with Crippen LogP contribution < -0.4 is 10.6 Å². The number of amides is 1. The Hall–Kier alpha value is -2.41. The molecule has 0 saturated carbocycles. The second-order valence-electron chi connectivity index (χ2n) is 4.75. The fourth-order valence-electron chi connectivity index (χ4n) is 2.10. The van der Waals surface area contributed by atoms with Crippen molar-refractivity contribution in [3.8, 4) is 0 Å². The highest BCUT2D eigenvalue weighted by Crippen LogP contribution is 2.13. The molecular weight excluding hydrogens is 272 g/mol. The molecule has 2 aromatic rings. The van der Waals surface area contributed by atoms with Gasteiger partial charge in [0.2, 0.25) is 0 Å². The van der Waals surface area contributed by atoms with E-state index < -0.39 is 0 Å². The normalized spacial score (nSPS) is 17.6. The Morgan fingerprint density at radius 2 is 2.14 bits per heavy atom. The molecule has 0 radical (unpaired) electrons. The lowest BCUT2D eigenvalue weighted by Gasteiger charge is -2.10. The minimum absolute atomic E-state index is 0.234. The van der Waals surface area contributed by atoms with Gasteiger partial charge in [-0.05, 0) is 37.1 Å². The van der Waals surface area contributed by atoms with Crippen molar-refractivity contribution in [2.75, 3.05) is 23.8 Å². The summed E-state index contributed by atoms with van der Waals surface area (Å²) in [5.74, 6) is 0.910. The van der Waals surface area contributed by atoms with Crippen molar-refractivity contribution in [3.63, 3.8) is 0 Å². The minimum Gasteiger partial charge on any atom is -0.459 e. The van der Waals surface area contributed by atoms with Gasteiger partial charge in [-0.1, -0.05) is 0 Å². The highest BCUT2D eigenvalue weighted by molar-refractivity contribution is 6.01. The third-order valence-corrected chi connectivity index (χ3v) is 3.19. The minimum atomic E-state index is -0.352. The average Bonchev–Trinajstić information content (AvgIpc) is 3.20. The Bertz CT molecular complexity index is 577. The lowest BCUT2D eigenvalue weighted by atomic mass is 10.2. The number of hydrogen-bond acceptors (Lipinski definition) is 6. The first kappa shape index (κ1) is 13.6. The third-order valence-electron chi connectivity index (χ3n) is 3.19. The zero-order valence-electron chi connectivity index (χ0n) is 11.4. The summed E-state index contributed by atoms with van der Waals surface area (Å²) in [4.78, 5) is 11.8. The van der Waals surface area contributed by atoms with Crippen LogP contribution in [0.1, 0.15) is 23.4 Å². The Kier molecular flexibility index (Phi) is 4.11. The molecule has 2 N–H and O–H groups in total. The van der Waals surface area contributed by atoms with Gasteiger partial charge in [-0.2, -0.15) is 0 Å². The van der Waals surface area contributed by atoms with Gasteiger partial charge in [-0.25, -0.2) is 0 Å². The average molecular weight is 288 g/mol. The first-order valence-electron chi connectivity index (χ1n) is 6.85. The van der Waals surface area contributed by atoms with Gasteiger partial charge in [-0.3, -0.25) is 4.79 Å². The van der Waals surface area contributed by atoms with Crippen LogP contribution in [-0.4, -0.2) is 35.4 Å². The van der Waals surface area contributed by atoms with Crippen molar-refractivity contribution >= 4 is 17.5 Å². The van der Waals surface area contributed by atoms with Crippen LogP contribution in [0.4, 0.5) is 11.6 Å². The number of anilines is 2. The van der Waals surface area contributed by atoms with Crippen molar-refractivity contribution in [1.29, 1.82) is 0 Å².